The van der Waals surface area contributed by atoms with E-state index in [1.807, 2.05) is 0 Å². The molecule has 5 heteroatoms. The van der Waals surface area contributed by atoms with Crippen LogP contribution in [0, 0.1) is 0 Å². The van der Waals surface area contributed by atoms with E-state index >= 15 is 0 Å². The van der Waals surface area contributed by atoms with Crippen molar-refractivity contribution in [2.24, 2.45) is 0 Å². The Bertz CT molecular complexity index is 295. The van der Waals surface area contributed by atoms with E-state index in [-0.39, 0.29) is 12.5 Å². The van der Waals surface area contributed by atoms with Crippen LogP contribution < -0.4 is 11.1 Å². The molecule has 1 heterocycles. The highest BCUT2D eigenvalue weighted by molar-refractivity contribution is 5.75. The standard InChI is InChI=1S/C9H16N4O/c1-2-3-4-11-9(14)7-13-6-8(10)5-12-13/h5-6H,2-4,7,10H2,1H3,(H,11,14). The zero-order valence-corrected chi connectivity index (χ0v) is 8.36. The second-order valence-corrected chi connectivity index (χ2v) is 3.17. The largest absolute Gasteiger partial charge is 0.396 e. The fraction of sp³-hybridized carbons (Fsp3) is 0.556. The fourth-order valence-electron chi connectivity index (χ4n) is 1.07. The van der Waals surface area contributed by atoms with Crippen LogP contribution in [-0.2, 0) is 11.3 Å². The molecule has 1 rings (SSSR count). The van der Waals surface area contributed by atoms with Crippen LogP contribution in [0.15, 0.2) is 12.4 Å². The number of nitrogens with one attached hydrogen (secondary N) is 1. The van der Waals surface area contributed by atoms with Crippen LogP contribution in [0.4, 0.5) is 5.69 Å². The van der Waals surface area contributed by atoms with Gasteiger partial charge in [0.2, 0.25) is 5.91 Å². The van der Waals surface area contributed by atoms with Crippen molar-refractivity contribution in [1.29, 1.82) is 0 Å². The lowest BCUT2D eigenvalue weighted by Gasteiger charge is -2.03. The van der Waals surface area contributed by atoms with Gasteiger partial charge < -0.3 is 11.1 Å². The molecule has 14 heavy (non-hydrogen) atoms. The van der Waals surface area contributed by atoms with Gasteiger partial charge in [0.1, 0.15) is 6.54 Å². The number of nitrogens with zero attached hydrogens (tertiary/aromatic N) is 2. The maximum absolute atomic E-state index is 11.3. The number of amides is 1. The predicted octanol–water partition coefficient (Wildman–Crippen LogP) is 0.382. The first-order valence-electron chi connectivity index (χ1n) is 4.77. The molecule has 0 saturated heterocycles. The van der Waals surface area contributed by atoms with Crippen LogP contribution in [0.1, 0.15) is 19.8 Å². The second kappa shape index (κ2) is 5.26. The molecule has 0 fully saturated rings. The van der Waals surface area contributed by atoms with Crippen molar-refractivity contribution in [2.75, 3.05) is 12.3 Å². The molecule has 0 bridgehead atoms. The number of carbonyl (C=O) groups excluding carboxylic acids is 1. The normalized spacial score (nSPS) is 10.1. The van der Waals surface area contributed by atoms with Gasteiger partial charge in [-0.15, -0.1) is 0 Å². The monoisotopic (exact) mass is 196 g/mol. The molecule has 0 aliphatic heterocycles. The summed E-state index contributed by atoms with van der Waals surface area (Å²) in [5, 5.41) is 6.72. The summed E-state index contributed by atoms with van der Waals surface area (Å²) in [6.07, 6.45) is 5.25. The Morgan fingerprint density at radius 3 is 3.07 bits per heavy atom. The number of hydrogen-bond acceptors (Lipinski definition) is 3. The third-order valence-corrected chi connectivity index (χ3v) is 1.81. The van der Waals surface area contributed by atoms with Crippen molar-refractivity contribution < 1.29 is 4.79 Å². The van der Waals surface area contributed by atoms with Crippen molar-refractivity contribution in [3.8, 4) is 0 Å². The van der Waals surface area contributed by atoms with E-state index in [0.29, 0.717) is 5.69 Å². The van der Waals surface area contributed by atoms with Crippen LogP contribution >= 0.6 is 0 Å². The summed E-state index contributed by atoms with van der Waals surface area (Å²) in [5.74, 6) is -0.0263. The van der Waals surface area contributed by atoms with Crippen LogP contribution in [0.5, 0.6) is 0 Å². The van der Waals surface area contributed by atoms with Gasteiger partial charge in [-0.05, 0) is 6.42 Å². The molecule has 0 spiro atoms. The molecule has 0 unspecified atom stereocenters. The Morgan fingerprint density at radius 2 is 2.50 bits per heavy atom. The van der Waals surface area contributed by atoms with Gasteiger partial charge in [-0.25, -0.2) is 0 Å². The van der Waals surface area contributed by atoms with Crippen LogP contribution in [0.3, 0.4) is 0 Å². The number of unbranched alkanes of at least 4 members (excludes halogenated alkanes) is 1. The summed E-state index contributed by atoms with van der Waals surface area (Å²) < 4.78 is 1.52. The Hall–Kier alpha value is -1.52. The number of aromatic nitrogens is 2. The van der Waals surface area contributed by atoms with Gasteiger partial charge in [-0.1, -0.05) is 13.3 Å². The van der Waals surface area contributed by atoms with Crippen LogP contribution in [0.2, 0.25) is 0 Å². The molecule has 0 saturated carbocycles. The quantitative estimate of drug-likeness (QED) is 0.669. The van der Waals surface area contributed by atoms with Gasteiger partial charge in [0.25, 0.3) is 0 Å². The zero-order chi connectivity index (χ0) is 10.4. The van der Waals surface area contributed by atoms with Crippen molar-refractivity contribution >= 4 is 11.6 Å². The van der Waals surface area contributed by atoms with Gasteiger partial charge in [0.05, 0.1) is 11.9 Å². The number of anilines is 1. The number of nitrogens with two attached hydrogens (primary N) is 1. The lowest BCUT2D eigenvalue weighted by Crippen LogP contribution is -2.28. The van der Waals surface area contributed by atoms with Crippen molar-refractivity contribution in [2.45, 2.75) is 26.3 Å². The molecule has 0 atom stereocenters. The highest BCUT2D eigenvalue weighted by Gasteiger charge is 2.02. The smallest absolute Gasteiger partial charge is 0.241 e. The third-order valence-electron chi connectivity index (χ3n) is 1.81. The Balaban J connectivity index is 2.27. The van der Waals surface area contributed by atoms with E-state index in [0.717, 1.165) is 19.4 Å². The third kappa shape index (κ3) is 3.47. The SMILES string of the molecule is CCCCNC(=O)Cn1cc(N)cn1. The van der Waals surface area contributed by atoms with E-state index in [4.69, 9.17) is 5.73 Å². The molecular weight excluding hydrogens is 180 g/mol. The van der Waals surface area contributed by atoms with E-state index in [9.17, 15) is 4.79 Å². The summed E-state index contributed by atoms with van der Waals surface area (Å²) in [6.45, 7) is 3.05. The van der Waals surface area contributed by atoms with Crippen LogP contribution in [0.25, 0.3) is 0 Å². The molecule has 0 aliphatic carbocycles. The molecule has 0 radical (unpaired) electrons. The van der Waals surface area contributed by atoms with Gasteiger partial charge in [0.15, 0.2) is 0 Å². The average molecular weight is 196 g/mol. The minimum absolute atomic E-state index is 0.0263. The minimum atomic E-state index is -0.0263. The van der Waals surface area contributed by atoms with Crippen LogP contribution in [-0.4, -0.2) is 22.2 Å². The Labute approximate surface area is 83.3 Å². The van der Waals surface area contributed by atoms with Crippen molar-refractivity contribution in [1.82, 2.24) is 15.1 Å². The topological polar surface area (TPSA) is 72.9 Å². The second-order valence-electron chi connectivity index (χ2n) is 3.17. The Kier molecular flexibility index (Phi) is 3.97. The highest BCUT2D eigenvalue weighted by Crippen LogP contribution is 1.96. The number of rotatable bonds is 5. The zero-order valence-electron chi connectivity index (χ0n) is 8.36. The summed E-state index contributed by atoms with van der Waals surface area (Å²) in [7, 11) is 0. The van der Waals surface area contributed by atoms with E-state index < -0.39 is 0 Å². The van der Waals surface area contributed by atoms with E-state index in [1.165, 1.54) is 10.9 Å². The Morgan fingerprint density at radius 1 is 1.71 bits per heavy atom. The van der Waals surface area contributed by atoms with Gasteiger partial charge >= 0.3 is 0 Å². The van der Waals surface area contributed by atoms with E-state index in [2.05, 4.69) is 17.3 Å². The molecule has 3 N–H and O–H groups in total. The first-order chi connectivity index (χ1) is 6.72. The van der Waals surface area contributed by atoms with Crippen molar-refractivity contribution in [3.63, 3.8) is 0 Å². The lowest BCUT2D eigenvalue weighted by molar-refractivity contribution is -0.121. The van der Waals surface area contributed by atoms with Crippen molar-refractivity contribution in [3.05, 3.63) is 12.4 Å². The molecule has 1 amide bonds. The molecular formula is C9H16N4O. The maximum Gasteiger partial charge on any atom is 0.241 e. The summed E-state index contributed by atoms with van der Waals surface area (Å²) in [4.78, 5) is 11.3. The number of carbonyl (C=O) groups is 1. The summed E-state index contributed by atoms with van der Waals surface area (Å²) >= 11 is 0. The lowest BCUT2D eigenvalue weighted by atomic mass is 10.3. The maximum atomic E-state index is 11.3. The average Bonchev–Trinajstić information content (AvgIpc) is 2.52. The molecule has 1 aromatic rings. The minimum Gasteiger partial charge on any atom is -0.396 e. The predicted molar refractivity (Wildman–Crippen MR) is 54.6 cm³/mol. The van der Waals surface area contributed by atoms with E-state index in [1.54, 1.807) is 6.20 Å². The van der Waals surface area contributed by atoms with Gasteiger partial charge in [0, 0.05) is 12.7 Å². The molecule has 5 nitrogen and oxygen atoms in total. The molecule has 78 valence electrons. The van der Waals surface area contributed by atoms with Gasteiger partial charge in [-0.2, -0.15) is 5.10 Å². The number of nitrogen functional groups attached to an aromatic ring is 1. The first kappa shape index (κ1) is 10.6. The fourth-order valence-corrected chi connectivity index (χ4v) is 1.07. The molecule has 0 aliphatic rings. The number of hydrogen-bond donors (Lipinski definition) is 2. The van der Waals surface area contributed by atoms with Gasteiger partial charge in [-0.3, -0.25) is 9.48 Å². The molecule has 1 aromatic heterocycles. The highest BCUT2D eigenvalue weighted by atomic mass is 16.2. The molecule has 0 aromatic carbocycles. The summed E-state index contributed by atoms with van der Waals surface area (Å²) in [5.41, 5.74) is 6.04. The first-order valence-corrected chi connectivity index (χ1v) is 4.77. The summed E-state index contributed by atoms with van der Waals surface area (Å²) in [6, 6.07) is 0.